The van der Waals surface area contributed by atoms with Gasteiger partial charge in [-0.15, -0.1) is 0 Å². The monoisotopic (exact) mass is 155 g/mol. The van der Waals surface area contributed by atoms with E-state index in [1.807, 2.05) is 0 Å². The van der Waals surface area contributed by atoms with Crippen molar-refractivity contribution in [3.8, 4) is 0 Å². The largest absolute Gasteiger partial charge is 0.358 e. The van der Waals surface area contributed by atoms with Gasteiger partial charge in [0.25, 0.3) is 0 Å². The van der Waals surface area contributed by atoms with Crippen molar-refractivity contribution in [2.45, 2.75) is 0 Å². The fourth-order valence-electron chi connectivity index (χ4n) is 0.411. The van der Waals surface area contributed by atoms with Crippen LogP contribution in [0, 0.1) is 10.1 Å². The molecule has 1 heterocycles. The average molecular weight is 155 g/mol. The molecule has 0 saturated heterocycles. The highest BCUT2D eigenvalue weighted by Gasteiger charge is 2.07. The third-order valence-corrected chi connectivity index (χ3v) is 0.770. The van der Waals surface area contributed by atoms with Crippen LogP contribution in [0.5, 0.6) is 0 Å². The molecule has 9 heteroatoms. The summed E-state index contributed by atoms with van der Waals surface area (Å²) in [6.45, 7) is 0. The Morgan fingerprint density at radius 1 is 1.91 bits per heavy atom. The van der Waals surface area contributed by atoms with E-state index < -0.39 is 5.03 Å². The van der Waals surface area contributed by atoms with E-state index in [9.17, 15) is 10.1 Å². The molecule has 0 bridgehead atoms. The van der Waals surface area contributed by atoms with Crippen LogP contribution in [0.25, 0.3) is 10.4 Å². The van der Waals surface area contributed by atoms with Crippen LogP contribution in [0.1, 0.15) is 0 Å². The van der Waals surface area contributed by atoms with E-state index in [2.05, 4.69) is 20.1 Å². The maximum Gasteiger partial charge on any atom is 0.358 e. The summed E-state index contributed by atoms with van der Waals surface area (Å²) in [7, 11) is 0. The highest BCUT2D eigenvalue weighted by molar-refractivity contribution is 5.07. The second-order valence-corrected chi connectivity index (χ2v) is 1.39. The molecule has 11 heavy (non-hydrogen) atoms. The molecule has 0 aliphatic rings. The Balaban J connectivity index is 2.99. The Labute approximate surface area is 59.0 Å². The maximum absolute atomic E-state index is 9.95. The number of rotatable bonds is 2. The van der Waals surface area contributed by atoms with Gasteiger partial charge in [-0.2, -0.15) is 4.98 Å². The minimum atomic E-state index is -0.802. The fraction of sp³-hybridized carbons (Fsp3) is 0. The first-order valence-electron chi connectivity index (χ1n) is 2.35. The zero-order valence-electron chi connectivity index (χ0n) is 5.02. The van der Waals surface area contributed by atoms with Crippen molar-refractivity contribution < 1.29 is 5.03 Å². The molecule has 0 saturated carbocycles. The van der Waals surface area contributed by atoms with Gasteiger partial charge in [0.05, 0.1) is 10.1 Å². The third-order valence-electron chi connectivity index (χ3n) is 0.770. The molecule has 0 fully saturated rings. The lowest BCUT2D eigenvalue weighted by molar-refractivity contribution is -0.552. The summed E-state index contributed by atoms with van der Waals surface area (Å²) in [6, 6.07) is 0. The molecule has 1 rings (SSSR count). The predicted octanol–water partition coefficient (Wildman–Crippen LogP) is 0.260. The van der Waals surface area contributed by atoms with E-state index in [0.717, 1.165) is 6.33 Å². The SMILES string of the molecule is [N-]=[N+]=Nc1ncn([N+](=O)[O-])n1. The minimum absolute atomic E-state index is 0.274. The third kappa shape index (κ3) is 1.40. The van der Waals surface area contributed by atoms with Crippen molar-refractivity contribution in [3.63, 3.8) is 0 Å². The van der Waals surface area contributed by atoms with Gasteiger partial charge in [-0.3, -0.25) is 0 Å². The number of nitro groups is 1. The second kappa shape index (κ2) is 2.62. The van der Waals surface area contributed by atoms with E-state index in [1.165, 1.54) is 0 Å². The molecule has 1 aromatic rings. The van der Waals surface area contributed by atoms with E-state index in [-0.39, 0.29) is 5.95 Å². The first-order valence-corrected chi connectivity index (χ1v) is 2.35. The Morgan fingerprint density at radius 2 is 2.64 bits per heavy atom. The first-order chi connectivity index (χ1) is 5.24. The Kier molecular flexibility index (Phi) is 1.66. The van der Waals surface area contributed by atoms with E-state index in [0.29, 0.717) is 4.79 Å². The van der Waals surface area contributed by atoms with E-state index in [4.69, 9.17) is 5.53 Å². The predicted molar refractivity (Wildman–Crippen MR) is 31.2 cm³/mol. The van der Waals surface area contributed by atoms with Gasteiger partial charge in [-0.1, -0.05) is 0 Å². The molecule has 1 aromatic heterocycles. The lowest BCUT2D eigenvalue weighted by atomic mass is 11.1. The molecule has 0 N–H and O–H groups in total. The number of nitrogens with zero attached hydrogens (tertiary/aromatic N) is 7. The molecule has 56 valence electrons. The van der Waals surface area contributed by atoms with Crippen LogP contribution in [-0.4, -0.2) is 19.9 Å². The maximum atomic E-state index is 9.95. The molecule has 0 atom stereocenters. The molecule has 0 amide bonds. The van der Waals surface area contributed by atoms with Crippen molar-refractivity contribution in [1.82, 2.24) is 14.9 Å². The summed E-state index contributed by atoms with van der Waals surface area (Å²) in [5.74, 6) is -0.274. The average Bonchev–Trinajstić information content (AvgIpc) is 2.37. The number of azide groups is 1. The first kappa shape index (κ1) is 6.96. The molecule has 0 aliphatic carbocycles. The van der Waals surface area contributed by atoms with Crippen molar-refractivity contribution in [2.75, 3.05) is 0 Å². The van der Waals surface area contributed by atoms with Crippen LogP contribution in [0.3, 0.4) is 0 Å². The quantitative estimate of drug-likeness (QED) is 0.200. The van der Waals surface area contributed by atoms with Crippen LogP contribution in [-0.2, 0) is 0 Å². The van der Waals surface area contributed by atoms with E-state index in [1.54, 1.807) is 0 Å². The lowest BCUT2D eigenvalue weighted by Crippen LogP contribution is -2.08. The Hall–Kier alpha value is -2.15. The standard InChI is InChI=1S/C2HN7O2/c3-7-5-2-4-1-8(6-2)9(10)11/h1H. The number of aromatic nitrogens is 3. The second-order valence-electron chi connectivity index (χ2n) is 1.39. The van der Waals surface area contributed by atoms with Gasteiger partial charge < -0.3 is 10.1 Å². The smallest absolute Gasteiger partial charge is 0.339 e. The van der Waals surface area contributed by atoms with Gasteiger partial charge in [-0.05, 0) is 5.53 Å². The van der Waals surface area contributed by atoms with Crippen molar-refractivity contribution in [1.29, 1.82) is 0 Å². The topological polar surface area (TPSA) is 123 Å². The van der Waals surface area contributed by atoms with Crippen LogP contribution in [0.4, 0.5) is 5.95 Å². The molecular formula is C2HN7O2. The summed E-state index contributed by atoms with van der Waals surface area (Å²) >= 11 is 0. The number of hydrogen-bond donors (Lipinski definition) is 0. The van der Waals surface area contributed by atoms with Gasteiger partial charge in [0.15, 0.2) is 6.33 Å². The van der Waals surface area contributed by atoms with Crippen LogP contribution >= 0.6 is 0 Å². The van der Waals surface area contributed by atoms with Gasteiger partial charge >= 0.3 is 5.95 Å². The lowest BCUT2D eigenvalue weighted by Gasteiger charge is -1.84. The molecule has 0 unspecified atom stereocenters. The van der Waals surface area contributed by atoms with E-state index >= 15 is 0 Å². The zero-order chi connectivity index (χ0) is 8.27. The molecule has 0 spiro atoms. The van der Waals surface area contributed by atoms with Crippen LogP contribution < -0.4 is 0 Å². The van der Waals surface area contributed by atoms with Crippen molar-refractivity contribution in [3.05, 3.63) is 26.9 Å². The van der Waals surface area contributed by atoms with Gasteiger partial charge in [0.2, 0.25) is 0 Å². The van der Waals surface area contributed by atoms with Crippen LogP contribution in [0.15, 0.2) is 11.4 Å². The van der Waals surface area contributed by atoms with Gasteiger partial charge in [0.1, 0.15) is 0 Å². The van der Waals surface area contributed by atoms with Crippen molar-refractivity contribution >= 4 is 5.95 Å². The van der Waals surface area contributed by atoms with Crippen LogP contribution in [0.2, 0.25) is 0 Å². The fourth-order valence-corrected chi connectivity index (χ4v) is 0.411. The zero-order valence-corrected chi connectivity index (χ0v) is 5.02. The summed E-state index contributed by atoms with van der Waals surface area (Å²) in [6.07, 6.45) is 0.837. The molecule has 0 aliphatic heterocycles. The summed E-state index contributed by atoms with van der Waals surface area (Å²) in [4.78, 5) is 16.0. The minimum Gasteiger partial charge on any atom is -0.339 e. The van der Waals surface area contributed by atoms with Gasteiger partial charge in [-0.25, -0.2) is 0 Å². The summed E-state index contributed by atoms with van der Waals surface area (Å²) in [5.41, 5.74) is 7.87. The highest BCUT2D eigenvalue weighted by Crippen LogP contribution is 1.99. The highest BCUT2D eigenvalue weighted by atomic mass is 16.7. The molecule has 0 aromatic carbocycles. The normalized spacial score (nSPS) is 8.73. The summed E-state index contributed by atoms with van der Waals surface area (Å²) < 4.78 is 0. The molecule has 0 radical (unpaired) electrons. The van der Waals surface area contributed by atoms with Crippen molar-refractivity contribution in [2.24, 2.45) is 5.11 Å². The molecule has 9 nitrogen and oxygen atoms in total. The molecular weight excluding hydrogens is 154 g/mol. The Morgan fingerprint density at radius 3 is 3.09 bits per heavy atom. The summed E-state index contributed by atoms with van der Waals surface area (Å²) in [5, 5.41) is 15.3. The number of hydrogen-bond acceptors (Lipinski definition) is 5. The van der Waals surface area contributed by atoms with Gasteiger partial charge in [0, 0.05) is 14.8 Å². The Bertz CT molecular complexity index is 304.